The summed E-state index contributed by atoms with van der Waals surface area (Å²) in [6.07, 6.45) is 9.40. The summed E-state index contributed by atoms with van der Waals surface area (Å²) in [7, 11) is 0. The Labute approximate surface area is 172 Å². The number of carbonyl (C=O) groups is 2. The number of H-pyrrole nitrogens is 1. The summed E-state index contributed by atoms with van der Waals surface area (Å²) in [6, 6.07) is 5.75. The molecular formula is C23H32N4O2. The molecule has 1 saturated heterocycles. The van der Waals surface area contributed by atoms with Crippen LogP contribution in [0.2, 0.25) is 0 Å². The average molecular weight is 397 g/mol. The Bertz CT molecular complexity index is 861. The van der Waals surface area contributed by atoms with E-state index in [9.17, 15) is 9.59 Å². The van der Waals surface area contributed by atoms with Gasteiger partial charge in [0.25, 0.3) is 0 Å². The number of nitrogens with one attached hydrogen (secondary N) is 2. The normalized spacial score (nSPS) is 18.9. The molecule has 0 spiro atoms. The van der Waals surface area contributed by atoms with Crippen molar-refractivity contribution in [3.63, 3.8) is 0 Å². The molecular weight excluding hydrogens is 364 g/mol. The van der Waals surface area contributed by atoms with E-state index in [4.69, 9.17) is 0 Å². The number of hydrogen-bond donors (Lipinski definition) is 2. The fourth-order valence-corrected chi connectivity index (χ4v) is 4.84. The number of imidazole rings is 1. The van der Waals surface area contributed by atoms with Gasteiger partial charge in [-0.15, -0.1) is 0 Å². The lowest BCUT2D eigenvalue weighted by atomic mass is 9.86. The molecule has 2 amide bonds. The van der Waals surface area contributed by atoms with Crippen molar-refractivity contribution in [3.8, 4) is 0 Å². The number of aryl methyl sites for hydroxylation is 1. The van der Waals surface area contributed by atoms with Gasteiger partial charge in [-0.25, -0.2) is 4.98 Å². The SMILES string of the molecule is Cc1nc2ccc(NC(=O)CC3CCN(C(=O)CC4CCCCC4)CC3)cc2[nH]1. The van der Waals surface area contributed by atoms with Gasteiger partial charge >= 0.3 is 0 Å². The van der Waals surface area contributed by atoms with E-state index in [1.807, 2.05) is 30.0 Å². The van der Waals surface area contributed by atoms with Crippen LogP contribution in [-0.4, -0.2) is 39.8 Å². The van der Waals surface area contributed by atoms with Crippen molar-refractivity contribution >= 4 is 28.5 Å². The Balaban J connectivity index is 1.22. The van der Waals surface area contributed by atoms with E-state index < -0.39 is 0 Å². The first-order valence-corrected chi connectivity index (χ1v) is 11.1. The lowest BCUT2D eigenvalue weighted by Crippen LogP contribution is -2.40. The summed E-state index contributed by atoms with van der Waals surface area (Å²) >= 11 is 0. The molecule has 0 radical (unpaired) electrons. The van der Waals surface area contributed by atoms with Gasteiger partial charge in [-0.05, 0) is 62.6 Å². The van der Waals surface area contributed by atoms with Gasteiger partial charge in [0, 0.05) is 31.6 Å². The smallest absolute Gasteiger partial charge is 0.224 e. The van der Waals surface area contributed by atoms with E-state index in [-0.39, 0.29) is 5.91 Å². The predicted octanol–water partition coefficient (Wildman–Crippen LogP) is 4.41. The minimum Gasteiger partial charge on any atom is -0.343 e. The van der Waals surface area contributed by atoms with Gasteiger partial charge < -0.3 is 15.2 Å². The molecule has 2 fully saturated rings. The molecule has 0 unspecified atom stereocenters. The van der Waals surface area contributed by atoms with Gasteiger partial charge in [0.15, 0.2) is 0 Å². The standard InChI is InChI=1S/C23H32N4O2/c1-16-24-20-8-7-19(15-21(20)25-16)26-22(28)13-18-9-11-27(12-10-18)23(29)14-17-5-3-2-4-6-17/h7-8,15,17-18H,2-6,9-14H2,1H3,(H,24,25)(H,26,28). The molecule has 0 bridgehead atoms. The maximum absolute atomic E-state index is 12.6. The summed E-state index contributed by atoms with van der Waals surface area (Å²) in [6.45, 7) is 3.51. The highest BCUT2D eigenvalue weighted by atomic mass is 16.2. The van der Waals surface area contributed by atoms with E-state index in [2.05, 4.69) is 15.3 Å². The molecule has 0 atom stereocenters. The third-order valence-electron chi connectivity index (χ3n) is 6.51. The fourth-order valence-electron chi connectivity index (χ4n) is 4.84. The van der Waals surface area contributed by atoms with Crippen molar-refractivity contribution in [2.24, 2.45) is 11.8 Å². The number of likely N-dealkylation sites (tertiary alicyclic amines) is 1. The van der Waals surface area contributed by atoms with E-state index >= 15 is 0 Å². The molecule has 1 aromatic carbocycles. The van der Waals surface area contributed by atoms with Crippen molar-refractivity contribution in [1.82, 2.24) is 14.9 Å². The number of nitrogens with zero attached hydrogens (tertiary/aromatic N) is 2. The van der Waals surface area contributed by atoms with Gasteiger partial charge in [0.1, 0.15) is 5.82 Å². The summed E-state index contributed by atoms with van der Waals surface area (Å²) in [4.78, 5) is 34.7. The van der Waals surface area contributed by atoms with E-state index in [1.165, 1.54) is 32.1 Å². The highest BCUT2D eigenvalue weighted by Gasteiger charge is 2.26. The molecule has 6 nitrogen and oxygen atoms in total. The average Bonchev–Trinajstić information content (AvgIpc) is 3.08. The monoisotopic (exact) mass is 396 g/mol. The zero-order valence-electron chi connectivity index (χ0n) is 17.4. The number of aromatic nitrogens is 2. The molecule has 156 valence electrons. The van der Waals surface area contributed by atoms with Crippen LogP contribution < -0.4 is 5.32 Å². The molecule has 1 aliphatic heterocycles. The van der Waals surface area contributed by atoms with Gasteiger partial charge in [-0.2, -0.15) is 0 Å². The second-order valence-electron chi connectivity index (χ2n) is 8.84. The van der Waals surface area contributed by atoms with Gasteiger partial charge in [0.2, 0.25) is 11.8 Å². The third kappa shape index (κ3) is 5.17. The van der Waals surface area contributed by atoms with Crippen molar-refractivity contribution in [1.29, 1.82) is 0 Å². The van der Waals surface area contributed by atoms with E-state index in [0.29, 0.717) is 24.2 Å². The minimum atomic E-state index is 0.0487. The molecule has 4 rings (SSSR count). The number of benzene rings is 1. The Morgan fingerprint density at radius 3 is 2.55 bits per heavy atom. The zero-order chi connectivity index (χ0) is 20.2. The first kappa shape index (κ1) is 19.9. The van der Waals surface area contributed by atoms with E-state index in [0.717, 1.165) is 54.9 Å². The molecule has 2 aliphatic rings. The number of hydrogen-bond acceptors (Lipinski definition) is 3. The highest BCUT2D eigenvalue weighted by molar-refractivity contribution is 5.93. The fraction of sp³-hybridized carbons (Fsp3) is 0.609. The summed E-state index contributed by atoms with van der Waals surface area (Å²) in [5.41, 5.74) is 2.64. The third-order valence-corrected chi connectivity index (χ3v) is 6.51. The van der Waals surface area contributed by atoms with Crippen LogP contribution in [0.5, 0.6) is 0 Å². The zero-order valence-corrected chi connectivity index (χ0v) is 17.4. The minimum absolute atomic E-state index is 0.0487. The maximum atomic E-state index is 12.6. The lowest BCUT2D eigenvalue weighted by Gasteiger charge is -2.33. The van der Waals surface area contributed by atoms with Crippen LogP contribution >= 0.6 is 0 Å². The van der Waals surface area contributed by atoms with Crippen LogP contribution in [0.4, 0.5) is 5.69 Å². The molecule has 2 aromatic rings. The molecule has 29 heavy (non-hydrogen) atoms. The highest BCUT2D eigenvalue weighted by Crippen LogP contribution is 2.28. The second-order valence-corrected chi connectivity index (χ2v) is 8.84. The van der Waals surface area contributed by atoms with Crippen molar-refractivity contribution < 1.29 is 9.59 Å². The number of amides is 2. The number of rotatable bonds is 5. The van der Waals surface area contributed by atoms with Gasteiger partial charge in [-0.1, -0.05) is 19.3 Å². The molecule has 1 aromatic heterocycles. The van der Waals surface area contributed by atoms with Crippen molar-refractivity contribution in [2.75, 3.05) is 18.4 Å². The number of aromatic amines is 1. The Morgan fingerprint density at radius 1 is 1.07 bits per heavy atom. The summed E-state index contributed by atoms with van der Waals surface area (Å²) < 4.78 is 0. The van der Waals surface area contributed by atoms with Gasteiger partial charge in [0.05, 0.1) is 11.0 Å². The molecule has 6 heteroatoms. The predicted molar refractivity (Wildman–Crippen MR) is 115 cm³/mol. The largest absolute Gasteiger partial charge is 0.343 e. The van der Waals surface area contributed by atoms with Crippen molar-refractivity contribution in [3.05, 3.63) is 24.0 Å². The first-order valence-electron chi connectivity index (χ1n) is 11.1. The second kappa shape index (κ2) is 8.97. The maximum Gasteiger partial charge on any atom is 0.224 e. The summed E-state index contributed by atoms with van der Waals surface area (Å²) in [5, 5.41) is 3.01. The van der Waals surface area contributed by atoms with Crippen LogP contribution in [-0.2, 0) is 9.59 Å². The van der Waals surface area contributed by atoms with Crippen LogP contribution in [0.25, 0.3) is 11.0 Å². The lowest BCUT2D eigenvalue weighted by molar-refractivity contribution is -0.133. The number of carbonyl (C=O) groups excluding carboxylic acids is 2. The van der Waals surface area contributed by atoms with Crippen molar-refractivity contribution in [2.45, 2.75) is 64.7 Å². The molecule has 2 heterocycles. The topological polar surface area (TPSA) is 78.1 Å². The molecule has 1 aliphatic carbocycles. The quantitative estimate of drug-likeness (QED) is 0.786. The Kier molecular flexibility index (Phi) is 6.16. The van der Waals surface area contributed by atoms with Crippen LogP contribution in [0.3, 0.4) is 0 Å². The van der Waals surface area contributed by atoms with Crippen LogP contribution in [0.15, 0.2) is 18.2 Å². The first-order chi connectivity index (χ1) is 14.1. The number of piperidine rings is 1. The van der Waals surface area contributed by atoms with Crippen LogP contribution in [0.1, 0.15) is 63.6 Å². The molecule has 1 saturated carbocycles. The Hall–Kier alpha value is -2.37. The number of fused-ring (bicyclic) bond motifs is 1. The summed E-state index contributed by atoms with van der Waals surface area (Å²) in [5.74, 6) is 2.19. The van der Waals surface area contributed by atoms with Crippen LogP contribution in [0, 0.1) is 18.8 Å². The van der Waals surface area contributed by atoms with E-state index in [1.54, 1.807) is 0 Å². The Morgan fingerprint density at radius 2 is 1.79 bits per heavy atom. The van der Waals surface area contributed by atoms with Gasteiger partial charge in [-0.3, -0.25) is 9.59 Å². The number of anilines is 1. The molecule has 2 N–H and O–H groups in total.